The molecule has 144 valence electrons. The molecular weight excluding hydrogens is 362 g/mol. The van der Waals surface area contributed by atoms with Crippen LogP contribution in [0.2, 0.25) is 0 Å². The van der Waals surface area contributed by atoms with Crippen molar-refractivity contribution >= 4 is 28.2 Å². The molecule has 0 amide bonds. The van der Waals surface area contributed by atoms with Crippen molar-refractivity contribution in [2.24, 2.45) is 0 Å². The fourth-order valence-electron chi connectivity index (χ4n) is 3.57. The lowest BCUT2D eigenvalue weighted by Crippen LogP contribution is -2.05. The molecule has 1 heterocycles. The summed E-state index contributed by atoms with van der Waals surface area (Å²) in [6, 6.07) is 18.7. The third-order valence-electron chi connectivity index (χ3n) is 5.16. The minimum absolute atomic E-state index is 0.0107. The Hall–Kier alpha value is -3.66. The van der Waals surface area contributed by atoms with Gasteiger partial charge in [0.1, 0.15) is 5.58 Å². The van der Waals surface area contributed by atoms with E-state index in [1.807, 2.05) is 62.4 Å². The number of carbonyl (C=O) groups is 2. The number of hydrogen-bond acceptors (Lipinski definition) is 4. The van der Waals surface area contributed by atoms with Crippen LogP contribution in [0.15, 0.2) is 65.1 Å². The number of nitrogens with two attached hydrogens (primary N) is 1. The summed E-state index contributed by atoms with van der Waals surface area (Å²) in [7, 11) is 0. The Labute approximate surface area is 169 Å². The lowest BCUT2D eigenvalue weighted by molar-refractivity contribution is 0.100. The van der Waals surface area contributed by atoms with Crippen molar-refractivity contribution in [2.45, 2.75) is 20.8 Å². The van der Waals surface area contributed by atoms with Crippen LogP contribution in [-0.2, 0) is 0 Å². The highest BCUT2D eigenvalue weighted by molar-refractivity contribution is 6.15. The second kappa shape index (κ2) is 7.06. The number of carbonyl (C=O) groups excluding carboxylic acids is 2. The van der Waals surface area contributed by atoms with Crippen LogP contribution in [0.1, 0.15) is 44.5 Å². The Morgan fingerprint density at radius 1 is 0.897 bits per heavy atom. The summed E-state index contributed by atoms with van der Waals surface area (Å²) in [4.78, 5) is 24.7. The molecule has 0 unspecified atom stereocenters. The van der Waals surface area contributed by atoms with Crippen LogP contribution in [0.5, 0.6) is 0 Å². The first-order valence-corrected chi connectivity index (χ1v) is 9.40. The minimum Gasteiger partial charge on any atom is -0.450 e. The van der Waals surface area contributed by atoms with E-state index in [1.54, 1.807) is 19.1 Å². The van der Waals surface area contributed by atoms with Gasteiger partial charge in [0.2, 0.25) is 5.78 Å². The zero-order valence-corrected chi connectivity index (χ0v) is 16.6. The molecule has 4 aromatic rings. The highest BCUT2D eigenvalue weighted by Gasteiger charge is 2.21. The van der Waals surface area contributed by atoms with Crippen LogP contribution in [-0.4, -0.2) is 11.6 Å². The first-order valence-electron chi connectivity index (χ1n) is 9.40. The number of furan rings is 1. The van der Waals surface area contributed by atoms with E-state index in [9.17, 15) is 9.59 Å². The average Bonchev–Trinajstić information content (AvgIpc) is 3.03. The van der Waals surface area contributed by atoms with Gasteiger partial charge in [-0.15, -0.1) is 0 Å². The standard InChI is InChI=1S/C25H21NO3/c1-14-7-9-20(15(2)11-14)24(28)25-23(26)21-10-8-19(13-22(21)29-25)18-6-4-5-17(12-18)16(3)27/h4-13H,26H2,1-3H3. The molecule has 0 aliphatic rings. The van der Waals surface area contributed by atoms with E-state index < -0.39 is 0 Å². The van der Waals surface area contributed by atoms with Gasteiger partial charge in [-0.3, -0.25) is 9.59 Å². The van der Waals surface area contributed by atoms with Gasteiger partial charge in [0.05, 0.1) is 5.69 Å². The van der Waals surface area contributed by atoms with Gasteiger partial charge in [-0.05, 0) is 55.7 Å². The number of aryl methyl sites for hydroxylation is 2. The summed E-state index contributed by atoms with van der Waals surface area (Å²) in [5, 5.41) is 0.699. The van der Waals surface area contributed by atoms with Crippen LogP contribution in [0, 0.1) is 13.8 Å². The van der Waals surface area contributed by atoms with Gasteiger partial charge < -0.3 is 10.2 Å². The predicted molar refractivity (Wildman–Crippen MR) is 115 cm³/mol. The van der Waals surface area contributed by atoms with E-state index in [-0.39, 0.29) is 17.3 Å². The zero-order valence-electron chi connectivity index (χ0n) is 16.6. The Morgan fingerprint density at radius 3 is 2.38 bits per heavy atom. The average molecular weight is 383 g/mol. The van der Waals surface area contributed by atoms with E-state index in [0.717, 1.165) is 22.3 Å². The van der Waals surface area contributed by atoms with Crippen molar-refractivity contribution in [2.75, 3.05) is 5.73 Å². The quantitative estimate of drug-likeness (QED) is 0.457. The van der Waals surface area contributed by atoms with Gasteiger partial charge in [0.15, 0.2) is 11.5 Å². The van der Waals surface area contributed by atoms with Crippen LogP contribution in [0.4, 0.5) is 5.69 Å². The third-order valence-corrected chi connectivity index (χ3v) is 5.16. The molecule has 0 spiro atoms. The highest BCUT2D eigenvalue weighted by Crippen LogP contribution is 2.34. The zero-order chi connectivity index (χ0) is 20.7. The molecule has 3 aromatic carbocycles. The van der Waals surface area contributed by atoms with Gasteiger partial charge >= 0.3 is 0 Å². The normalized spacial score (nSPS) is 11.0. The van der Waals surface area contributed by atoms with Crippen LogP contribution in [0.3, 0.4) is 0 Å². The summed E-state index contributed by atoms with van der Waals surface area (Å²) < 4.78 is 5.90. The highest BCUT2D eigenvalue weighted by atomic mass is 16.3. The van der Waals surface area contributed by atoms with Crippen molar-refractivity contribution in [3.8, 4) is 11.1 Å². The molecule has 0 aliphatic heterocycles. The van der Waals surface area contributed by atoms with Crippen molar-refractivity contribution in [3.05, 3.63) is 88.7 Å². The van der Waals surface area contributed by atoms with Crippen LogP contribution in [0.25, 0.3) is 22.1 Å². The summed E-state index contributed by atoms with van der Waals surface area (Å²) in [6.07, 6.45) is 0. The molecule has 4 heteroatoms. The molecule has 29 heavy (non-hydrogen) atoms. The van der Waals surface area contributed by atoms with Gasteiger partial charge in [0.25, 0.3) is 0 Å². The summed E-state index contributed by atoms with van der Waals surface area (Å²) >= 11 is 0. The van der Waals surface area contributed by atoms with Gasteiger partial charge in [-0.25, -0.2) is 0 Å². The molecule has 4 nitrogen and oxygen atoms in total. The molecule has 2 N–H and O–H groups in total. The largest absolute Gasteiger partial charge is 0.450 e. The van der Waals surface area contributed by atoms with Crippen molar-refractivity contribution in [1.29, 1.82) is 0 Å². The molecule has 1 aromatic heterocycles. The summed E-state index contributed by atoms with van der Waals surface area (Å²) in [5.74, 6) is -0.0607. The molecular formula is C25H21NO3. The van der Waals surface area contributed by atoms with E-state index in [4.69, 9.17) is 10.2 Å². The van der Waals surface area contributed by atoms with Crippen molar-refractivity contribution in [1.82, 2.24) is 0 Å². The van der Waals surface area contributed by atoms with E-state index >= 15 is 0 Å². The number of fused-ring (bicyclic) bond motifs is 1. The number of ketones is 2. The Bertz CT molecular complexity index is 1280. The maximum Gasteiger partial charge on any atom is 0.230 e. The Balaban J connectivity index is 1.79. The predicted octanol–water partition coefficient (Wildman–Crippen LogP) is 5.73. The topological polar surface area (TPSA) is 73.3 Å². The van der Waals surface area contributed by atoms with E-state index in [1.165, 1.54) is 0 Å². The van der Waals surface area contributed by atoms with Crippen molar-refractivity contribution < 1.29 is 14.0 Å². The van der Waals surface area contributed by atoms with Crippen LogP contribution >= 0.6 is 0 Å². The van der Waals surface area contributed by atoms with Crippen molar-refractivity contribution in [3.63, 3.8) is 0 Å². The third kappa shape index (κ3) is 3.34. The monoisotopic (exact) mass is 383 g/mol. The number of anilines is 1. The number of hydrogen-bond donors (Lipinski definition) is 1. The van der Waals surface area contributed by atoms with Crippen LogP contribution < -0.4 is 5.73 Å². The second-order valence-corrected chi connectivity index (χ2v) is 7.34. The molecule has 0 saturated carbocycles. The van der Waals surface area contributed by atoms with Gasteiger partial charge in [-0.2, -0.15) is 0 Å². The molecule has 0 radical (unpaired) electrons. The summed E-state index contributed by atoms with van der Waals surface area (Å²) in [5.41, 5.74) is 12.1. The molecule has 0 aliphatic carbocycles. The molecule has 4 rings (SSSR count). The first-order chi connectivity index (χ1) is 13.8. The number of nitrogen functional groups attached to an aromatic ring is 1. The molecule has 0 saturated heterocycles. The SMILES string of the molecule is CC(=O)c1cccc(-c2ccc3c(N)c(C(=O)c4ccc(C)cc4C)oc3c2)c1. The smallest absolute Gasteiger partial charge is 0.230 e. The summed E-state index contributed by atoms with van der Waals surface area (Å²) in [6.45, 7) is 5.43. The maximum absolute atomic E-state index is 13.0. The number of Topliss-reactive ketones (excluding diaryl/α,β-unsaturated/α-hetero) is 1. The lowest BCUT2D eigenvalue weighted by Gasteiger charge is -2.04. The Kier molecular flexibility index (Phi) is 4.55. The maximum atomic E-state index is 13.0. The van der Waals surface area contributed by atoms with E-state index in [0.29, 0.717) is 27.8 Å². The Morgan fingerprint density at radius 2 is 1.66 bits per heavy atom. The van der Waals surface area contributed by atoms with Gasteiger partial charge in [-0.1, -0.05) is 48.0 Å². The molecule has 0 atom stereocenters. The number of benzene rings is 3. The first kappa shape index (κ1) is 18.7. The fraction of sp³-hybridized carbons (Fsp3) is 0.120. The van der Waals surface area contributed by atoms with E-state index in [2.05, 4.69) is 0 Å². The molecule has 0 bridgehead atoms. The minimum atomic E-state index is -0.226. The molecule has 0 fully saturated rings. The second-order valence-electron chi connectivity index (χ2n) is 7.34. The number of rotatable bonds is 4. The lowest BCUT2D eigenvalue weighted by atomic mass is 9.99. The fourth-order valence-corrected chi connectivity index (χ4v) is 3.57. The van der Waals surface area contributed by atoms with Gasteiger partial charge in [0, 0.05) is 16.5 Å².